The Hall–Kier alpha value is -2.63. The van der Waals surface area contributed by atoms with Crippen LogP contribution < -0.4 is 10.1 Å². The van der Waals surface area contributed by atoms with E-state index in [1.165, 1.54) is 6.26 Å². The summed E-state index contributed by atoms with van der Waals surface area (Å²) in [6.45, 7) is 2.66. The highest BCUT2D eigenvalue weighted by atomic mass is 16.6. The summed E-state index contributed by atoms with van der Waals surface area (Å²) in [6.07, 6.45) is 1.33. The van der Waals surface area contributed by atoms with Crippen LogP contribution in [-0.4, -0.2) is 26.2 Å². The molecule has 0 spiro atoms. The van der Waals surface area contributed by atoms with Crippen LogP contribution in [0.2, 0.25) is 0 Å². The van der Waals surface area contributed by atoms with E-state index in [2.05, 4.69) is 5.32 Å². The zero-order valence-electron chi connectivity index (χ0n) is 12.4. The highest BCUT2D eigenvalue weighted by Crippen LogP contribution is 2.30. The molecule has 3 rings (SSSR count). The van der Waals surface area contributed by atoms with E-state index < -0.39 is 0 Å². The van der Waals surface area contributed by atoms with Crippen LogP contribution in [0, 0.1) is 0 Å². The molecule has 0 unspecified atom stereocenters. The summed E-state index contributed by atoms with van der Waals surface area (Å²) in [6, 6.07) is 7.23. The van der Waals surface area contributed by atoms with Crippen molar-refractivity contribution < 1.29 is 23.4 Å². The molecule has 1 atom stereocenters. The molecule has 0 saturated heterocycles. The lowest BCUT2D eigenvalue weighted by Gasteiger charge is -2.17. The Kier molecular flexibility index (Phi) is 3.91. The van der Waals surface area contributed by atoms with Crippen molar-refractivity contribution in [3.05, 3.63) is 42.0 Å². The van der Waals surface area contributed by atoms with Crippen LogP contribution in [0.4, 0.5) is 0 Å². The lowest BCUT2D eigenvalue weighted by molar-refractivity contribution is -0.123. The number of furan rings is 1. The highest BCUT2D eigenvalue weighted by Gasteiger charge is 2.20. The minimum Gasteiger partial charge on any atom is -0.494 e. The quantitative estimate of drug-likeness (QED) is 0.939. The lowest BCUT2D eigenvalue weighted by atomic mass is 10.2. The lowest BCUT2D eigenvalue weighted by Crippen LogP contribution is -2.30. The van der Waals surface area contributed by atoms with Gasteiger partial charge in [-0.15, -0.1) is 0 Å². The molecule has 1 aromatic carbocycles. The van der Waals surface area contributed by atoms with E-state index in [1.54, 1.807) is 7.11 Å². The second-order valence-electron chi connectivity index (χ2n) is 4.92. The van der Waals surface area contributed by atoms with Crippen molar-refractivity contribution in [2.45, 2.75) is 13.0 Å². The first kappa shape index (κ1) is 14.3. The molecule has 0 saturated carbocycles. The number of ether oxygens (including phenoxy) is 3. The smallest absolute Gasteiger partial charge is 0.290 e. The molecule has 6 nitrogen and oxygen atoms in total. The molecule has 1 amide bonds. The Morgan fingerprint density at radius 3 is 2.95 bits per heavy atom. The van der Waals surface area contributed by atoms with E-state index >= 15 is 0 Å². The Morgan fingerprint density at radius 1 is 1.36 bits per heavy atom. The van der Waals surface area contributed by atoms with Crippen molar-refractivity contribution in [2.75, 3.05) is 20.3 Å². The fraction of sp³-hybridized carbons (Fsp3) is 0.312. The van der Waals surface area contributed by atoms with E-state index in [9.17, 15) is 4.79 Å². The molecule has 1 aliphatic rings. The molecule has 2 heterocycles. The molecular formula is C16H17NO5. The van der Waals surface area contributed by atoms with Gasteiger partial charge >= 0.3 is 0 Å². The molecule has 6 heteroatoms. The van der Waals surface area contributed by atoms with Crippen LogP contribution in [0.15, 0.2) is 40.7 Å². The predicted molar refractivity (Wildman–Crippen MR) is 79.3 cm³/mol. The summed E-state index contributed by atoms with van der Waals surface area (Å²) in [5.41, 5.74) is 0.664. The first-order valence-electron chi connectivity index (χ1n) is 7.01. The molecule has 2 aromatic rings. The third-order valence-corrected chi connectivity index (χ3v) is 3.39. The normalized spacial score (nSPS) is 15.5. The van der Waals surface area contributed by atoms with Crippen LogP contribution in [-0.2, 0) is 14.3 Å². The molecule has 1 aliphatic heterocycles. The van der Waals surface area contributed by atoms with Gasteiger partial charge < -0.3 is 23.9 Å². The number of carbonyl (C=O) groups excluding carboxylic acids is 1. The van der Waals surface area contributed by atoms with Gasteiger partial charge in [-0.1, -0.05) is 12.1 Å². The van der Waals surface area contributed by atoms with Gasteiger partial charge in [-0.2, -0.15) is 0 Å². The van der Waals surface area contributed by atoms with E-state index in [0.29, 0.717) is 30.3 Å². The minimum atomic E-state index is -0.334. The number of carbonyl (C=O) groups is 1. The fourth-order valence-corrected chi connectivity index (χ4v) is 2.26. The second kappa shape index (κ2) is 6.01. The summed E-state index contributed by atoms with van der Waals surface area (Å²) < 4.78 is 21.4. The molecular weight excluding hydrogens is 286 g/mol. The Morgan fingerprint density at radius 2 is 2.23 bits per heavy atom. The number of methoxy groups -OCH3 is 1. The number of hydrogen-bond acceptors (Lipinski definition) is 5. The number of rotatable bonds is 4. The summed E-state index contributed by atoms with van der Waals surface area (Å²) >= 11 is 0. The fourth-order valence-electron chi connectivity index (χ4n) is 2.26. The third-order valence-electron chi connectivity index (χ3n) is 3.39. The van der Waals surface area contributed by atoms with Gasteiger partial charge in [-0.25, -0.2) is 0 Å². The van der Waals surface area contributed by atoms with E-state index in [1.807, 2.05) is 31.2 Å². The zero-order chi connectivity index (χ0) is 15.5. The minimum absolute atomic E-state index is 0.173. The van der Waals surface area contributed by atoms with Crippen molar-refractivity contribution >= 4 is 16.9 Å². The maximum absolute atomic E-state index is 12.1. The van der Waals surface area contributed by atoms with Crippen molar-refractivity contribution in [3.8, 4) is 5.75 Å². The molecule has 0 bridgehead atoms. The van der Waals surface area contributed by atoms with Crippen molar-refractivity contribution in [2.24, 2.45) is 0 Å². The van der Waals surface area contributed by atoms with Crippen LogP contribution >= 0.6 is 0 Å². The zero-order valence-corrected chi connectivity index (χ0v) is 12.4. The Balaban J connectivity index is 1.78. The molecule has 1 aromatic heterocycles. The second-order valence-corrected chi connectivity index (χ2v) is 4.92. The van der Waals surface area contributed by atoms with Gasteiger partial charge in [-0.05, 0) is 19.1 Å². The summed E-state index contributed by atoms with van der Waals surface area (Å²) in [7, 11) is 1.59. The van der Waals surface area contributed by atoms with Crippen molar-refractivity contribution in [1.29, 1.82) is 0 Å². The number of benzene rings is 1. The van der Waals surface area contributed by atoms with Crippen molar-refractivity contribution in [3.63, 3.8) is 0 Å². The summed E-state index contributed by atoms with van der Waals surface area (Å²) in [5, 5.41) is 3.74. The molecule has 0 aliphatic carbocycles. The average molecular weight is 303 g/mol. The molecule has 1 N–H and O–H groups in total. The van der Waals surface area contributed by atoms with Gasteiger partial charge in [-0.3, -0.25) is 4.79 Å². The van der Waals surface area contributed by atoms with Crippen LogP contribution in [0.5, 0.6) is 5.75 Å². The monoisotopic (exact) mass is 303 g/mol. The molecule has 22 heavy (non-hydrogen) atoms. The maximum Gasteiger partial charge on any atom is 0.290 e. The van der Waals surface area contributed by atoms with Crippen LogP contribution in [0.3, 0.4) is 0 Å². The Labute approximate surface area is 127 Å². The number of fused-ring (bicyclic) bond motifs is 1. The SMILES string of the molecule is COc1cccc2cc([C@H](C)NC(=O)C3=COCCO3)oc12. The number of hydrogen-bond donors (Lipinski definition) is 1. The highest BCUT2D eigenvalue weighted by molar-refractivity contribution is 5.91. The summed E-state index contributed by atoms with van der Waals surface area (Å²) in [5.74, 6) is 1.14. The first-order valence-corrected chi connectivity index (χ1v) is 7.01. The van der Waals surface area contributed by atoms with Crippen LogP contribution in [0.25, 0.3) is 11.0 Å². The van der Waals surface area contributed by atoms with E-state index in [0.717, 1.165) is 5.39 Å². The topological polar surface area (TPSA) is 69.9 Å². The number of amides is 1. The van der Waals surface area contributed by atoms with Crippen molar-refractivity contribution in [1.82, 2.24) is 5.32 Å². The third kappa shape index (κ3) is 2.72. The largest absolute Gasteiger partial charge is 0.494 e. The van der Waals surface area contributed by atoms with E-state index in [4.69, 9.17) is 18.6 Å². The van der Waals surface area contributed by atoms with E-state index in [-0.39, 0.29) is 17.7 Å². The van der Waals surface area contributed by atoms with Gasteiger partial charge in [0.25, 0.3) is 5.91 Å². The van der Waals surface area contributed by atoms with Gasteiger partial charge in [0.15, 0.2) is 11.3 Å². The molecule has 0 radical (unpaired) electrons. The predicted octanol–water partition coefficient (Wildman–Crippen LogP) is 2.51. The standard InChI is InChI=1S/C16H17NO5/c1-10(17-16(18)14-9-20-6-7-21-14)13-8-11-4-3-5-12(19-2)15(11)22-13/h3-5,8-10H,6-7H2,1-2H3,(H,17,18)/t10-/m0/s1. The maximum atomic E-state index is 12.1. The van der Waals surface area contributed by atoms with Gasteiger partial charge in [0.2, 0.25) is 5.76 Å². The Bertz CT molecular complexity index is 718. The summed E-state index contributed by atoms with van der Waals surface area (Å²) in [4.78, 5) is 12.1. The molecule has 0 fully saturated rings. The molecule has 116 valence electrons. The van der Waals surface area contributed by atoms with Crippen LogP contribution in [0.1, 0.15) is 18.7 Å². The average Bonchev–Trinajstić information content (AvgIpc) is 2.99. The van der Waals surface area contributed by atoms with Gasteiger partial charge in [0.1, 0.15) is 25.2 Å². The number of nitrogens with one attached hydrogen (secondary N) is 1. The van der Waals surface area contributed by atoms with Gasteiger partial charge in [0.05, 0.1) is 13.2 Å². The first-order chi connectivity index (χ1) is 10.7. The van der Waals surface area contributed by atoms with Gasteiger partial charge in [0, 0.05) is 5.39 Å². The number of para-hydroxylation sites is 1.